The van der Waals surface area contributed by atoms with Gasteiger partial charge in [0.1, 0.15) is 0 Å². The van der Waals surface area contributed by atoms with Crippen molar-refractivity contribution in [1.82, 2.24) is 0 Å². The zero-order valence-corrected chi connectivity index (χ0v) is 21.6. The fourth-order valence-corrected chi connectivity index (χ4v) is 5.28. The van der Waals surface area contributed by atoms with E-state index in [2.05, 4.69) is 13.8 Å². The minimum absolute atomic E-state index is 0.0490. The monoisotopic (exact) mass is 478 g/mol. The molecule has 0 aliphatic carbocycles. The second-order valence-electron chi connectivity index (χ2n) is 8.74. The van der Waals surface area contributed by atoms with Gasteiger partial charge in [0.15, 0.2) is 0 Å². The molecule has 8 heteroatoms. The second-order valence-corrected chi connectivity index (χ2v) is 10.2. The summed E-state index contributed by atoms with van der Waals surface area (Å²) >= 11 is 0. The number of esters is 2. The molecule has 0 saturated carbocycles. The maximum atomic E-state index is 12.7. The average Bonchev–Trinajstić information content (AvgIpc) is 2.75. The lowest BCUT2D eigenvalue weighted by Crippen LogP contribution is -2.36. The van der Waals surface area contributed by atoms with Gasteiger partial charge in [-0.15, -0.1) is 0 Å². The summed E-state index contributed by atoms with van der Waals surface area (Å²) in [5, 5.41) is 0. The largest absolute Gasteiger partial charge is 0.469 e. The van der Waals surface area contributed by atoms with Crippen LogP contribution in [0.15, 0.2) is 0 Å². The molecule has 0 radical (unpaired) electrons. The van der Waals surface area contributed by atoms with E-state index < -0.39 is 39.3 Å². The van der Waals surface area contributed by atoms with E-state index in [0.717, 1.165) is 57.8 Å². The zero-order valence-electron chi connectivity index (χ0n) is 20.8. The van der Waals surface area contributed by atoms with Crippen LogP contribution in [0.1, 0.15) is 111 Å². The highest BCUT2D eigenvalue weighted by atomic mass is 32.2. The summed E-state index contributed by atoms with van der Waals surface area (Å²) in [5.41, 5.74) is -1.61. The third kappa shape index (κ3) is 12.2. The van der Waals surface area contributed by atoms with Gasteiger partial charge in [-0.3, -0.25) is 14.1 Å². The first-order valence-corrected chi connectivity index (χ1v) is 13.9. The van der Waals surface area contributed by atoms with Gasteiger partial charge < -0.3 is 9.47 Å². The minimum atomic E-state index is -4.58. The molecule has 1 N–H and O–H groups in total. The van der Waals surface area contributed by atoms with Gasteiger partial charge in [0.2, 0.25) is 5.44 Å². The third-order valence-electron chi connectivity index (χ3n) is 6.29. The van der Waals surface area contributed by atoms with Crippen LogP contribution < -0.4 is 0 Å². The van der Waals surface area contributed by atoms with Crippen LogP contribution in [-0.2, 0) is 29.2 Å². The molecule has 0 fully saturated rings. The van der Waals surface area contributed by atoms with Crippen LogP contribution in [0.25, 0.3) is 0 Å². The van der Waals surface area contributed by atoms with Crippen molar-refractivity contribution in [3.05, 3.63) is 0 Å². The molecule has 4 unspecified atom stereocenters. The van der Waals surface area contributed by atoms with E-state index >= 15 is 0 Å². The molecule has 4 atom stereocenters. The highest BCUT2D eigenvalue weighted by Crippen LogP contribution is 2.29. The number of unbranched alkanes of at least 4 members (excludes halogenated alkanes) is 6. The van der Waals surface area contributed by atoms with E-state index in [1.807, 2.05) is 13.8 Å². The van der Waals surface area contributed by atoms with Crippen molar-refractivity contribution in [3.8, 4) is 0 Å². The van der Waals surface area contributed by atoms with Crippen molar-refractivity contribution >= 4 is 22.1 Å². The number of carbonyl (C=O) groups excluding carboxylic acids is 2. The van der Waals surface area contributed by atoms with E-state index in [0.29, 0.717) is 19.3 Å². The number of hydrogen-bond acceptors (Lipinski definition) is 6. The molecule has 0 bridgehead atoms. The summed E-state index contributed by atoms with van der Waals surface area (Å²) < 4.78 is 44.0. The maximum Gasteiger partial charge on any atom is 0.309 e. The van der Waals surface area contributed by atoms with Gasteiger partial charge in [-0.1, -0.05) is 85.5 Å². The first-order chi connectivity index (χ1) is 15.2. The van der Waals surface area contributed by atoms with Crippen molar-refractivity contribution < 1.29 is 32.0 Å². The van der Waals surface area contributed by atoms with E-state index in [1.165, 1.54) is 7.11 Å². The molecule has 32 heavy (non-hydrogen) atoms. The Kier molecular flexibility index (Phi) is 16.7. The third-order valence-corrected chi connectivity index (χ3v) is 7.36. The normalized spacial score (nSPS) is 15.6. The van der Waals surface area contributed by atoms with E-state index in [-0.39, 0.29) is 12.3 Å². The molecule has 0 aliphatic rings. The summed E-state index contributed by atoms with van der Waals surface area (Å²) in [6, 6.07) is 0. The molecule has 0 rings (SSSR count). The lowest BCUT2D eigenvalue weighted by Gasteiger charge is -2.26. The Bertz CT molecular complexity index is 618. The average molecular weight is 479 g/mol. The Labute approximate surface area is 195 Å². The summed E-state index contributed by atoms with van der Waals surface area (Å²) in [7, 11) is -3.29. The van der Waals surface area contributed by atoms with Crippen LogP contribution in [-0.4, -0.2) is 37.5 Å². The van der Waals surface area contributed by atoms with Crippen molar-refractivity contribution in [2.45, 2.75) is 117 Å². The van der Waals surface area contributed by atoms with Gasteiger partial charge in [-0.25, -0.2) is 0 Å². The smallest absolute Gasteiger partial charge is 0.309 e. The number of hydrogen-bond donors (Lipinski definition) is 1. The predicted octanol–water partition coefficient (Wildman–Crippen LogP) is 5.92. The Morgan fingerprint density at radius 3 is 1.72 bits per heavy atom. The Balaban J connectivity index is 5.30. The van der Waals surface area contributed by atoms with Crippen molar-refractivity contribution in [3.63, 3.8) is 0 Å². The van der Waals surface area contributed by atoms with Gasteiger partial charge in [0, 0.05) is 5.92 Å². The predicted molar refractivity (Wildman–Crippen MR) is 127 cm³/mol. The molecule has 0 aromatic heterocycles. The van der Waals surface area contributed by atoms with Crippen molar-refractivity contribution in [2.75, 3.05) is 7.11 Å². The van der Waals surface area contributed by atoms with E-state index in [1.54, 1.807) is 0 Å². The number of methoxy groups -OCH3 is 1. The minimum Gasteiger partial charge on any atom is -0.469 e. The Morgan fingerprint density at radius 1 is 0.812 bits per heavy atom. The van der Waals surface area contributed by atoms with Crippen molar-refractivity contribution in [2.24, 2.45) is 17.8 Å². The van der Waals surface area contributed by atoms with Crippen molar-refractivity contribution in [1.29, 1.82) is 0 Å². The highest BCUT2D eigenvalue weighted by molar-refractivity contribution is 7.86. The van der Waals surface area contributed by atoms with Gasteiger partial charge in [0.05, 0.1) is 19.4 Å². The van der Waals surface area contributed by atoms with Gasteiger partial charge >= 0.3 is 22.1 Å². The quantitative estimate of drug-likeness (QED) is 0.139. The van der Waals surface area contributed by atoms with Crippen LogP contribution in [0.4, 0.5) is 0 Å². The molecule has 0 heterocycles. The summed E-state index contributed by atoms with van der Waals surface area (Å²) in [5.74, 6) is -2.50. The topological polar surface area (TPSA) is 107 Å². The van der Waals surface area contributed by atoms with Crippen LogP contribution >= 0.6 is 0 Å². The first-order valence-electron chi connectivity index (χ1n) is 12.4. The molecule has 0 amide bonds. The summed E-state index contributed by atoms with van der Waals surface area (Å²) in [6.07, 6.45) is 10.4. The molecule has 0 aromatic rings. The molecule has 7 nitrogen and oxygen atoms in total. The fraction of sp³-hybridized carbons (Fsp3) is 0.917. The maximum absolute atomic E-state index is 12.7. The molecule has 0 spiro atoms. The van der Waals surface area contributed by atoms with Crippen LogP contribution in [0.2, 0.25) is 0 Å². The molecule has 190 valence electrons. The molecule has 0 aliphatic heterocycles. The van der Waals surface area contributed by atoms with E-state index in [9.17, 15) is 22.6 Å². The lowest BCUT2D eigenvalue weighted by molar-refractivity contribution is -0.157. The molecular formula is C24H46O7S. The van der Waals surface area contributed by atoms with Crippen LogP contribution in [0, 0.1) is 17.8 Å². The molecular weight excluding hydrogens is 432 g/mol. The van der Waals surface area contributed by atoms with Crippen LogP contribution in [0.5, 0.6) is 0 Å². The highest BCUT2D eigenvalue weighted by Gasteiger charge is 2.37. The number of ether oxygens (including phenoxy) is 2. The SMILES string of the molecule is CCCCCCC(CC)C(CC(=O)OC(C(CC)CCCCCC)S(=O)(=O)O)C(=O)OC. The fourth-order valence-electron chi connectivity index (χ4n) is 4.24. The Morgan fingerprint density at radius 2 is 1.31 bits per heavy atom. The van der Waals surface area contributed by atoms with E-state index in [4.69, 9.17) is 9.47 Å². The van der Waals surface area contributed by atoms with Crippen LogP contribution in [0.3, 0.4) is 0 Å². The number of carbonyl (C=O) groups is 2. The van der Waals surface area contributed by atoms with Gasteiger partial charge in [-0.05, 0) is 25.2 Å². The van der Waals surface area contributed by atoms with Gasteiger partial charge in [0.25, 0.3) is 0 Å². The lowest BCUT2D eigenvalue weighted by atomic mass is 9.83. The van der Waals surface area contributed by atoms with Gasteiger partial charge in [-0.2, -0.15) is 8.42 Å². The molecule has 0 aromatic carbocycles. The first kappa shape index (κ1) is 30.9. The second kappa shape index (κ2) is 17.3. The standard InChI is InChI=1S/C24H46O7S/c1-6-10-12-14-16-19(8-3)21(23(26)30-5)18-22(25)31-24(32(27,28)29)20(9-4)17-15-13-11-7-2/h19-21,24H,6-18H2,1-5H3,(H,27,28,29). The Hall–Kier alpha value is -1.15. The summed E-state index contributed by atoms with van der Waals surface area (Å²) in [4.78, 5) is 25.1. The summed E-state index contributed by atoms with van der Waals surface area (Å²) in [6.45, 7) is 8.00. The zero-order chi connectivity index (χ0) is 24.6. The molecule has 0 saturated heterocycles. The number of rotatable bonds is 19.